The highest BCUT2D eigenvalue weighted by molar-refractivity contribution is 5.69. The summed E-state index contributed by atoms with van der Waals surface area (Å²) in [6, 6.07) is 2.01. The van der Waals surface area contributed by atoms with Crippen LogP contribution in [0.5, 0.6) is 0 Å². The predicted molar refractivity (Wildman–Crippen MR) is 62.9 cm³/mol. The second kappa shape index (κ2) is 3.92. The highest BCUT2D eigenvalue weighted by atomic mass is 15.2. The number of rotatable bonds is 2. The van der Waals surface area contributed by atoms with Crippen LogP contribution in [-0.4, -0.2) is 20.4 Å². The van der Waals surface area contributed by atoms with Crippen molar-refractivity contribution in [2.45, 2.75) is 27.2 Å². The molecule has 0 aliphatic carbocycles. The maximum Gasteiger partial charge on any atom is 0.148 e. The molecule has 3 N–H and O–H groups in total. The van der Waals surface area contributed by atoms with Crippen molar-refractivity contribution < 1.29 is 0 Å². The van der Waals surface area contributed by atoms with E-state index in [0.29, 0.717) is 5.82 Å². The summed E-state index contributed by atoms with van der Waals surface area (Å²) in [5.41, 5.74) is 10.5. The van der Waals surface area contributed by atoms with Crippen LogP contribution >= 0.6 is 0 Å². The second-order valence-corrected chi connectivity index (χ2v) is 3.81. The molecule has 0 aliphatic rings. The number of nitrogens with two attached hydrogens (primary N) is 1. The summed E-state index contributed by atoms with van der Waals surface area (Å²) in [4.78, 5) is 0. The third-order valence-corrected chi connectivity index (χ3v) is 2.64. The van der Waals surface area contributed by atoms with Gasteiger partial charge in [-0.15, -0.1) is 0 Å². The molecular formula is C11H15N5. The quantitative estimate of drug-likeness (QED) is 0.801. The van der Waals surface area contributed by atoms with E-state index in [2.05, 4.69) is 27.3 Å². The summed E-state index contributed by atoms with van der Waals surface area (Å²) in [7, 11) is 0. The monoisotopic (exact) mass is 217 g/mol. The zero-order chi connectivity index (χ0) is 11.7. The van der Waals surface area contributed by atoms with Crippen LogP contribution < -0.4 is 5.73 Å². The van der Waals surface area contributed by atoms with Gasteiger partial charge in [0.1, 0.15) is 5.82 Å². The molecule has 0 unspecified atom stereocenters. The molecule has 0 fully saturated rings. The van der Waals surface area contributed by atoms with Gasteiger partial charge in [0.2, 0.25) is 0 Å². The van der Waals surface area contributed by atoms with Crippen molar-refractivity contribution in [1.29, 1.82) is 0 Å². The SMILES string of the molecule is CCc1nnc(C)cc1-c1[nH]nc(N)c1C. The summed E-state index contributed by atoms with van der Waals surface area (Å²) < 4.78 is 0. The number of nitrogens with one attached hydrogen (secondary N) is 1. The molecule has 2 heterocycles. The van der Waals surface area contributed by atoms with Crippen LogP contribution in [0.3, 0.4) is 0 Å². The van der Waals surface area contributed by atoms with E-state index in [9.17, 15) is 0 Å². The standard InChI is InChI=1S/C11H15N5/c1-4-9-8(5-6(2)13-14-9)10-7(3)11(12)16-15-10/h5H,4H2,1-3H3,(H3,12,15,16). The van der Waals surface area contributed by atoms with Crippen LogP contribution in [0, 0.1) is 13.8 Å². The van der Waals surface area contributed by atoms with Crippen molar-refractivity contribution in [2.24, 2.45) is 0 Å². The van der Waals surface area contributed by atoms with Gasteiger partial charge in [-0.1, -0.05) is 6.92 Å². The zero-order valence-corrected chi connectivity index (χ0v) is 9.70. The van der Waals surface area contributed by atoms with Crippen LogP contribution in [0.25, 0.3) is 11.3 Å². The third kappa shape index (κ3) is 1.64. The highest BCUT2D eigenvalue weighted by Crippen LogP contribution is 2.26. The molecule has 2 aromatic rings. The van der Waals surface area contributed by atoms with E-state index in [1.54, 1.807) is 0 Å². The van der Waals surface area contributed by atoms with Crippen molar-refractivity contribution in [3.63, 3.8) is 0 Å². The Morgan fingerprint density at radius 2 is 2.06 bits per heavy atom. The molecule has 84 valence electrons. The van der Waals surface area contributed by atoms with Crippen LogP contribution in [-0.2, 0) is 6.42 Å². The maximum absolute atomic E-state index is 5.73. The van der Waals surface area contributed by atoms with E-state index >= 15 is 0 Å². The lowest BCUT2D eigenvalue weighted by atomic mass is 10.1. The van der Waals surface area contributed by atoms with E-state index in [-0.39, 0.29) is 0 Å². The van der Waals surface area contributed by atoms with Crippen LogP contribution in [0.4, 0.5) is 5.82 Å². The molecule has 0 amide bonds. The van der Waals surface area contributed by atoms with Gasteiger partial charge in [0.15, 0.2) is 0 Å². The Morgan fingerprint density at radius 3 is 2.62 bits per heavy atom. The van der Waals surface area contributed by atoms with Gasteiger partial charge >= 0.3 is 0 Å². The summed E-state index contributed by atoms with van der Waals surface area (Å²) in [5.74, 6) is 0.534. The van der Waals surface area contributed by atoms with Crippen LogP contribution in [0.2, 0.25) is 0 Å². The van der Waals surface area contributed by atoms with Gasteiger partial charge in [-0.05, 0) is 26.3 Å². The number of nitrogen functional groups attached to an aromatic ring is 1. The highest BCUT2D eigenvalue weighted by Gasteiger charge is 2.13. The van der Waals surface area contributed by atoms with Gasteiger partial charge in [0, 0.05) is 11.1 Å². The molecule has 0 aliphatic heterocycles. The normalized spacial score (nSPS) is 10.7. The average Bonchev–Trinajstić information content (AvgIpc) is 2.60. The maximum atomic E-state index is 5.73. The van der Waals surface area contributed by atoms with Gasteiger partial charge in [0.25, 0.3) is 0 Å². The molecular weight excluding hydrogens is 202 g/mol. The van der Waals surface area contributed by atoms with Crippen molar-refractivity contribution in [3.8, 4) is 11.3 Å². The number of nitrogens with zero attached hydrogens (tertiary/aromatic N) is 3. The molecule has 0 atom stereocenters. The number of anilines is 1. The molecule has 0 aromatic carbocycles. The first-order valence-electron chi connectivity index (χ1n) is 5.27. The molecule has 16 heavy (non-hydrogen) atoms. The minimum atomic E-state index is 0.534. The average molecular weight is 217 g/mol. The van der Waals surface area contributed by atoms with E-state index in [0.717, 1.165) is 34.6 Å². The van der Waals surface area contributed by atoms with Crippen molar-refractivity contribution in [2.75, 3.05) is 5.73 Å². The lowest BCUT2D eigenvalue weighted by Crippen LogP contribution is -1.98. The van der Waals surface area contributed by atoms with Crippen LogP contribution in [0.15, 0.2) is 6.07 Å². The molecule has 0 bridgehead atoms. The molecule has 0 spiro atoms. The molecule has 5 nitrogen and oxygen atoms in total. The Bertz CT molecular complexity index is 515. The minimum Gasteiger partial charge on any atom is -0.382 e. The van der Waals surface area contributed by atoms with Gasteiger partial charge in [-0.3, -0.25) is 5.10 Å². The summed E-state index contributed by atoms with van der Waals surface area (Å²) >= 11 is 0. The van der Waals surface area contributed by atoms with Gasteiger partial charge < -0.3 is 5.73 Å². The van der Waals surface area contributed by atoms with Crippen molar-refractivity contribution >= 4 is 5.82 Å². The largest absolute Gasteiger partial charge is 0.382 e. The minimum absolute atomic E-state index is 0.534. The molecule has 0 saturated heterocycles. The third-order valence-electron chi connectivity index (χ3n) is 2.64. The predicted octanol–water partition coefficient (Wildman–Crippen LogP) is 1.63. The topological polar surface area (TPSA) is 80.5 Å². The van der Waals surface area contributed by atoms with Gasteiger partial charge in [-0.25, -0.2) is 0 Å². The molecule has 0 saturated carbocycles. The summed E-state index contributed by atoms with van der Waals surface area (Å²) in [6.45, 7) is 5.92. The van der Waals surface area contributed by atoms with Crippen LogP contribution in [0.1, 0.15) is 23.9 Å². The van der Waals surface area contributed by atoms with Gasteiger partial charge in [-0.2, -0.15) is 15.3 Å². The zero-order valence-electron chi connectivity index (χ0n) is 9.70. The number of aromatic nitrogens is 4. The fourth-order valence-electron chi connectivity index (χ4n) is 1.67. The molecule has 2 rings (SSSR count). The Hall–Kier alpha value is -1.91. The fraction of sp³-hybridized carbons (Fsp3) is 0.364. The van der Waals surface area contributed by atoms with Crippen molar-refractivity contribution in [3.05, 3.63) is 23.0 Å². The molecule has 2 aromatic heterocycles. The van der Waals surface area contributed by atoms with Gasteiger partial charge in [0.05, 0.1) is 17.1 Å². The molecule has 0 radical (unpaired) electrons. The lowest BCUT2D eigenvalue weighted by molar-refractivity contribution is 0.893. The Morgan fingerprint density at radius 1 is 1.31 bits per heavy atom. The summed E-state index contributed by atoms with van der Waals surface area (Å²) in [6.07, 6.45) is 0.834. The van der Waals surface area contributed by atoms with E-state index in [1.807, 2.05) is 19.9 Å². The number of hydrogen-bond acceptors (Lipinski definition) is 4. The Balaban J connectivity index is 2.62. The fourth-order valence-corrected chi connectivity index (χ4v) is 1.67. The number of H-pyrrole nitrogens is 1. The summed E-state index contributed by atoms with van der Waals surface area (Å²) in [5, 5.41) is 15.2. The van der Waals surface area contributed by atoms with E-state index in [4.69, 9.17) is 5.73 Å². The Labute approximate surface area is 94.1 Å². The number of aromatic amines is 1. The number of aryl methyl sites for hydroxylation is 2. The smallest absolute Gasteiger partial charge is 0.148 e. The van der Waals surface area contributed by atoms with Crippen molar-refractivity contribution in [1.82, 2.24) is 20.4 Å². The number of hydrogen-bond donors (Lipinski definition) is 2. The first-order chi connectivity index (χ1) is 7.63. The first kappa shape index (κ1) is 10.6. The lowest BCUT2D eigenvalue weighted by Gasteiger charge is -2.05. The second-order valence-electron chi connectivity index (χ2n) is 3.81. The molecule has 5 heteroatoms. The Kier molecular flexibility index (Phi) is 2.60. The first-order valence-corrected chi connectivity index (χ1v) is 5.27. The van der Waals surface area contributed by atoms with E-state index in [1.165, 1.54) is 0 Å². The van der Waals surface area contributed by atoms with E-state index < -0.39 is 0 Å².